The smallest absolute Gasteiger partial charge is 0.129 e. The van der Waals surface area contributed by atoms with Crippen LogP contribution in [0.15, 0.2) is 28.9 Å². The highest BCUT2D eigenvalue weighted by atomic mass is 16.4. The number of hydrogen-bond donors (Lipinski definition) is 1. The largest absolute Gasteiger partial charge is 0.462 e. The zero-order valence-electron chi connectivity index (χ0n) is 9.55. The highest BCUT2D eigenvalue weighted by Crippen LogP contribution is 2.15. The van der Waals surface area contributed by atoms with Crippen molar-refractivity contribution in [3.05, 3.63) is 41.9 Å². The molecule has 0 amide bonds. The molecular formula is C12H16N2O2. The number of rotatable bonds is 4. The van der Waals surface area contributed by atoms with Gasteiger partial charge in [-0.15, -0.1) is 0 Å². The van der Waals surface area contributed by atoms with Gasteiger partial charge in [0.25, 0.3) is 0 Å². The molecule has 0 aliphatic rings. The average Bonchev–Trinajstić information content (AvgIpc) is 2.87. The van der Waals surface area contributed by atoms with Gasteiger partial charge in [0.1, 0.15) is 24.0 Å². The van der Waals surface area contributed by atoms with Crippen LogP contribution in [0.1, 0.15) is 37.1 Å². The molecule has 0 aliphatic carbocycles. The van der Waals surface area contributed by atoms with Crippen LogP contribution in [-0.2, 0) is 13.2 Å². The lowest BCUT2D eigenvalue weighted by Crippen LogP contribution is -2.05. The van der Waals surface area contributed by atoms with Crippen LogP contribution in [0.4, 0.5) is 0 Å². The van der Waals surface area contributed by atoms with Crippen LogP contribution in [0.5, 0.6) is 0 Å². The van der Waals surface area contributed by atoms with Crippen molar-refractivity contribution in [1.29, 1.82) is 0 Å². The number of furan rings is 1. The summed E-state index contributed by atoms with van der Waals surface area (Å²) in [4.78, 5) is 4.31. The first kappa shape index (κ1) is 11.0. The Bertz CT molecular complexity index is 457. The predicted molar refractivity (Wildman–Crippen MR) is 60.0 cm³/mol. The van der Waals surface area contributed by atoms with E-state index >= 15 is 0 Å². The molecule has 0 bridgehead atoms. The summed E-state index contributed by atoms with van der Waals surface area (Å²) in [5.41, 5.74) is 0. The van der Waals surface area contributed by atoms with Crippen LogP contribution in [0, 0.1) is 0 Å². The van der Waals surface area contributed by atoms with Gasteiger partial charge in [-0.2, -0.15) is 0 Å². The van der Waals surface area contributed by atoms with Crippen LogP contribution < -0.4 is 0 Å². The molecule has 0 saturated carbocycles. The van der Waals surface area contributed by atoms with E-state index < -0.39 is 0 Å². The molecule has 4 heteroatoms. The van der Waals surface area contributed by atoms with Gasteiger partial charge in [-0.05, 0) is 12.1 Å². The highest BCUT2D eigenvalue weighted by Gasteiger charge is 2.09. The van der Waals surface area contributed by atoms with Crippen LogP contribution in [0.3, 0.4) is 0 Å². The number of aliphatic hydroxyl groups excluding tert-OH is 1. The number of hydrogen-bond acceptors (Lipinski definition) is 3. The summed E-state index contributed by atoms with van der Waals surface area (Å²) in [5.74, 6) is 2.87. The molecule has 86 valence electrons. The first-order valence-electron chi connectivity index (χ1n) is 5.40. The van der Waals surface area contributed by atoms with Gasteiger partial charge in [0, 0.05) is 18.3 Å². The second-order valence-corrected chi connectivity index (χ2v) is 4.09. The molecule has 0 aromatic carbocycles. The summed E-state index contributed by atoms with van der Waals surface area (Å²) >= 11 is 0. The Kier molecular flexibility index (Phi) is 3.10. The number of imidazole rings is 1. The van der Waals surface area contributed by atoms with E-state index in [-0.39, 0.29) is 6.61 Å². The standard InChI is InChI=1S/C12H16N2O2/c1-9(2)12-13-5-6-14(12)7-10-3-4-11(8-15)16-10/h3-6,9,15H,7-8H2,1-2H3. The summed E-state index contributed by atoms with van der Waals surface area (Å²) in [6.07, 6.45) is 3.74. The molecule has 0 aliphatic heterocycles. The number of nitrogens with zero attached hydrogens (tertiary/aromatic N) is 2. The SMILES string of the molecule is CC(C)c1nccn1Cc1ccc(CO)o1. The van der Waals surface area contributed by atoms with E-state index in [1.165, 1.54) is 0 Å². The molecule has 0 saturated heterocycles. The van der Waals surface area contributed by atoms with E-state index in [2.05, 4.69) is 23.4 Å². The Hall–Kier alpha value is -1.55. The van der Waals surface area contributed by atoms with Gasteiger partial charge in [-0.3, -0.25) is 0 Å². The van der Waals surface area contributed by atoms with E-state index in [4.69, 9.17) is 9.52 Å². The van der Waals surface area contributed by atoms with E-state index in [9.17, 15) is 0 Å². The van der Waals surface area contributed by atoms with Crippen molar-refractivity contribution in [1.82, 2.24) is 9.55 Å². The van der Waals surface area contributed by atoms with Gasteiger partial charge in [0.15, 0.2) is 0 Å². The Labute approximate surface area is 94.5 Å². The second kappa shape index (κ2) is 4.53. The molecule has 0 radical (unpaired) electrons. The van der Waals surface area contributed by atoms with Crippen LogP contribution >= 0.6 is 0 Å². The van der Waals surface area contributed by atoms with Gasteiger partial charge in [0.2, 0.25) is 0 Å². The van der Waals surface area contributed by atoms with Gasteiger partial charge in [0.05, 0.1) is 6.54 Å². The van der Waals surface area contributed by atoms with Crippen LogP contribution in [0.2, 0.25) is 0 Å². The lowest BCUT2D eigenvalue weighted by molar-refractivity contribution is 0.243. The summed E-state index contributed by atoms with van der Waals surface area (Å²) < 4.78 is 7.50. The third kappa shape index (κ3) is 2.17. The third-order valence-corrected chi connectivity index (χ3v) is 2.46. The fraction of sp³-hybridized carbons (Fsp3) is 0.417. The lowest BCUT2D eigenvalue weighted by Gasteiger charge is -2.08. The first-order chi connectivity index (χ1) is 7.70. The summed E-state index contributed by atoms with van der Waals surface area (Å²) in [6.45, 7) is 4.83. The van der Waals surface area contributed by atoms with Crippen molar-refractivity contribution < 1.29 is 9.52 Å². The summed E-state index contributed by atoms with van der Waals surface area (Å²) in [6, 6.07) is 3.68. The Balaban J connectivity index is 2.17. The minimum absolute atomic E-state index is 0.0546. The molecule has 1 N–H and O–H groups in total. The van der Waals surface area contributed by atoms with Crippen molar-refractivity contribution >= 4 is 0 Å². The Morgan fingerprint density at radius 2 is 2.12 bits per heavy atom. The molecule has 2 aromatic rings. The van der Waals surface area contributed by atoms with Crippen LogP contribution in [0.25, 0.3) is 0 Å². The Morgan fingerprint density at radius 1 is 1.38 bits per heavy atom. The molecule has 16 heavy (non-hydrogen) atoms. The lowest BCUT2D eigenvalue weighted by atomic mass is 10.2. The minimum atomic E-state index is -0.0546. The monoisotopic (exact) mass is 220 g/mol. The van der Waals surface area contributed by atoms with E-state index in [1.807, 2.05) is 12.3 Å². The van der Waals surface area contributed by atoms with E-state index in [1.54, 1.807) is 12.3 Å². The van der Waals surface area contributed by atoms with Crippen molar-refractivity contribution in [2.45, 2.75) is 32.9 Å². The average molecular weight is 220 g/mol. The zero-order chi connectivity index (χ0) is 11.5. The Morgan fingerprint density at radius 3 is 2.75 bits per heavy atom. The zero-order valence-corrected chi connectivity index (χ0v) is 9.55. The van der Waals surface area contributed by atoms with Crippen molar-refractivity contribution in [2.24, 2.45) is 0 Å². The van der Waals surface area contributed by atoms with Gasteiger partial charge >= 0.3 is 0 Å². The van der Waals surface area contributed by atoms with Crippen molar-refractivity contribution in [3.63, 3.8) is 0 Å². The maximum Gasteiger partial charge on any atom is 0.129 e. The molecule has 2 aromatic heterocycles. The molecule has 0 unspecified atom stereocenters. The normalized spacial score (nSPS) is 11.2. The third-order valence-electron chi connectivity index (χ3n) is 2.46. The molecule has 2 heterocycles. The second-order valence-electron chi connectivity index (χ2n) is 4.09. The highest BCUT2D eigenvalue weighted by molar-refractivity contribution is 5.09. The van der Waals surface area contributed by atoms with Crippen LogP contribution in [-0.4, -0.2) is 14.7 Å². The van der Waals surface area contributed by atoms with E-state index in [0.717, 1.165) is 11.6 Å². The predicted octanol–water partition coefficient (Wildman–Crippen LogP) is 2.14. The number of aliphatic hydroxyl groups is 1. The van der Waals surface area contributed by atoms with E-state index in [0.29, 0.717) is 18.2 Å². The van der Waals surface area contributed by atoms with Gasteiger partial charge in [-0.25, -0.2) is 4.98 Å². The van der Waals surface area contributed by atoms with Crippen molar-refractivity contribution in [3.8, 4) is 0 Å². The minimum Gasteiger partial charge on any atom is -0.462 e. The first-order valence-corrected chi connectivity index (χ1v) is 5.40. The topological polar surface area (TPSA) is 51.2 Å². The number of aromatic nitrogens is 2. The summed E-state index contributed by atoms with van der Waals surface area (Å²) in [7, 11) is 0. The van der Waals surface area contributed by atoms with Crippen molar-refractivity contribution in [2.75, 3.05) is 0 Å². The molecule has 0 fully saturated rings. The molecule has 0 atom stereocenters. The maximum atomic E-state index is 8.91. The maximum absolute atomic E-state index is 8.91. The molecule has 0 spiro atoms. The fourth-order valence-electron chi connectivity index (χ4n) is 1.72. The van der Waals surface area contributed by atoms with Gasteiger partial charge < -0.3 is 14.1 Å². The molecular weight excluding hydrogens is 204 g/mol. The van der Waals surface area contributed by atoms with Gasteiger partial charge in [-0.1, -0.05) is 13.8 Å². The summed E-state index contributed by atoms with van der Waals surface area (Å²) in [5, 5.41) is 8.91. The molecule has 4 nitrogen and oxygen atoms in total. The quantitative estimate of drug-likeness (QED) is 0.858. The fourth-order valence-corrected chi connectivity index (χ4v) is 1.72. The molecule has 2 rings (SSSR count).